The molecule has 1 aliphatic rings. The number of carboxylic acids is 1. The molecule has 1 saturated heterocycles. The summed E-state index contributed by atoms with van der Waals surface area (Å²) < 4.78 is 5.30. The van der Waals surface area contributed by atoms with Crippen molar-refractivity contribution in [1.29, 1.82) is 0 Å². The van der Waals surface area contributed by atoms with Gasteiger partial charge in [-0.05, 0) is 31.0 Å². The standard InChI is InChI=1S/C16H19Cl2NO4/c1-9(10-3-4-13(17)14(18)5-10)16(22)19-8-12(23-2)6-11(19)7-15(20)21/h3-5,9,11-12H,6-8H2,1-2H3,(H,20,21). The fourth-order valence-electron chi connectivity index (χ4n) is 2.88. The molecule has 1 aliphatic heterocycles. The first-order chi connectivity index (χ1) is 10.8. The van der Waals surface area contributed by atoms with Crippen molar-refractivity contribution in [1.82, 2.24) is 4.90 Å². The monoisotopic (exact) mass is 359 g/mol. The van der Waals surface area contributed by atoms with Gasteiger partial charge in [-0.3, -0.25) is 9.59 Å². The summed E-state index contributed by atoms with van der Waals surface area (Å²) in [4.78, 5) is 25.4. The van der Waals surface area contributed by atoms with Crippen LogP contribution in [0.15, 0.2) is 18.2 Å². The SMILES string of the molecule is COC1CC(CC(=O)O)N(C(=O)C(C)c2ccc(Cl)c(Cl)c2)C1. The summed E-state index contributed by atoms with van der Waals surface area (Å²) in [6.45, 7) is 2.18. The summed E-state index contributed by atoms with van der Waals surface area (Å²) in [6.07, 6.45) is 0.312. The van der Waals surface area contributed by atoms with E-state index >= 15 is 0 Å². The van der Waals surface area contributed by atoms with Gasteiger partial charge < -0.3 is 14.7 Å². The van der Waals surface area contributed by atoms with Crippen molar-refractivity contribution in [2.24, 2.45) is 0 Å². The summed E-state index contributed by atoms with van der Waals surface area (Å²) in [5.41, 5.74) is 0.749. The van der Waals surface area contributed by atoms with Crippen LogP contribution in [0.5, 0.6) is 0 Å². The first kappa shape index (κ1) is 18.0. The highest BCUT2D eigenvalue weighted by molar-refractivity contribution is 6.42. The number of halogens is 2. The highest BCUT2D eigenvalue weighted by Gasteiger charge is 2.38. The van der Waals surface area contributed by atoms with Gasteiger partial charge >= 0.3 is 5.97 Å². The van der Waals surface area contributed by atoms with E-state index < -0.39 is 11.9 Å². The zero-order valence-corrected chi connectivity index (χ0v) is 14.5. The fourth-order valence-corrected chi connectivity index (χ4v) is 3.19. The van der Waals surface area contributed by atoms with Gasteiger partial charge in [-0.2, -0.15) is 0 Å². The van der Waals surface area contributed by atoms with Crippen molar-refractivity contribution in [2.75, 3.05) is 13.7 Å². The Balaban J connectivity index is 2.18. The topological polar surface area (TPSA) is 66.8 Å². The number of hydrogen-bond donors (Lipinski definition) is 1. The van der Waals surface area contributed by atoms with Crippen molar-refractivity contribution in [3.05, 3.63) is 33.8 Å². The molecule has 0 bridgehead atoms. The van der Waals surface area contributed by atoms with Gasteiger partial charge in [-0.15, -0.1) is 0 Å². The van der Waals surface area contributed by atoms with Crippen molar-refractivity contribution in [2.45, 2.75) is 37.8 Å². The number of amides is 1. The van der Waals surface area contributed by atoms with Gasteiger partial charge in [-0.25, -0.2) is 0 Å². The van der Waals surface area contributed by atoms with E-state index in [-0.39, 0.29) is 24.5 Å². The van der Waals surface area contributed by atoms with Crippen LogP contribution in [0, 0.1) is 0 Å². The number of ether oxygens (including phenoxy) is 1. The second kappa shape index (κ2) is 7.51. The molecule has 0 aromatic heterocycles. The summed E-state index contributed by atoms with van der Waals surface area (Å²) in [5.74, 6) is -1.49. The second-order valence-electron chi connectivity index (χ2n) is 5.73. The average Bonchev–Trinajstić information content (AvgIpc) is 2.90. The zero-order chi connectivity index (χ0) is 17.1. The quantitative estimate of drug-likeness (QED) is 0.876. The van der Waals surface area contributed by atoms with Crippen LogP contribution in [0.3, 0.4) is 0 Å². The summed E-state index contributed by atoms with van der Waals surface area (Å²) in [5, 5.41) is 9.86. The van der Waals surface area contributed by atoms with Crippen LogP contribution in [0.1, 0.15) is 31.2 Å². The minimum Gasteiger partial charge on any atom is -0.481 e. The molecule has 126 valence electrons. The molecule has 1 aromatic rings. The fraction of sp³-hybridized carbons (Fsp3) is 0.500. The molecule has 1 fully saturated rings. The number of nitrogens with zero attached hydrogens (tertiary/aromatic N) is 1. The maximum atomic E-state index is 12.8. The summed E-state index contributed by atoms with van der Waals surface area (Å²) in [6, 6.07) is 4.73. The maximum Gasteiger partial charge on any atom is 0.305 e. The average molecular weight is 360 g/mol. The molecule has 5 nitrogen and oxygen atoms in total. The molecule has 3 atom stereocenters. The summed E-state index contributed by atoms with van der Waals surface area (Å²) >= 11 is 11.9. The van der Waals surface area contributed by atoms with Crippen molar-refractivity contribution >= 4 is 35.1 Å². The van der Waals surface area contributed by atoms with Gasteiger partial charge in [0.2, 0.25) is 5.91 Å². The first-order valence-corrected chi connectivity index (χ1v) is 8.09. The molecule has 2 rings (SSSR count). The van der Waals surface area contributed by atoms with Crippen LogP contribution in [-0.2, 0) is 14.3 Å². The van der Waals surface area contributed by atoms with Gasteiger partial charge in [0.1, 0.15) is 0 Å². The minimum absolute atomic E-state index is 0.0836. The molecule has 1 heterocycles. The van der Waals surface area contributed by atoms with Gasteiger partial charge in [0, 0.05) is 19.7 Å². The lowest BCUT2D eigenvalue weighted by molar-refractivity contribution is -0.140. The Kier molecular flexibility index (Phi) is 5.89. The van der Waals surface area contributed by atoms with E-state index in [0.717, 1.165) is 5.56 Å². The molecule has 1 amide bonds. The predicted molar refractivity (Wildman–Crippen MR) is 88.0 cm³/mol. The smallest absolute Gasteiger partial charge is 0.305 e. The van der Waals surface area contributed by atoms with Gasteiger partial charge in [0.25, 0.3) is 0 Å². The largest absolute Gasteiger partial charge is 0.481 e. The molecule has 1 N–H and O–H groups in total. The van der Waals surface area contributed by atoms with E-state index in [1.807, 2.05) is 0 Å². The Morgan fingerprint density at radius 1 is 1.39 bits per heavy atom. The lowest BCUT2D eigenvalue weighted by atomic mass is 9.99. The number of carboxylic acid groups (broad SMARTS) is 1. The molecule has 0 spiro atoms. The van der Waals surface area contributed by atoms with E-state index in [2.05, 4.69) is 0 Å². The van der Waals surface area contributed by atoms with Gasteiger partial charge in [0.05, 0.1) is 28.5 Å². The van der Waals surface area contributed by atoms with E-state index in [1.54, 1.807) is 37.1 Å². The molecule has 0 aliphatic carbocycles. The molecule has 0 radical (unpaired) electrons. The van der Waals surface area contributed by atoms with Crippen LogP contribution in [0.4, 0.5) is 0 Å². The molecule has 7 heteroatoms. The number of hydrogen-bond acceptors (Lipinski definition) is 3. The lowest BCUT2D eigenvalue weighted by Crippen LogP contribution is -2.39. The van der Waals surface area contributed by atoms with E-state index in [4.69, 9.17) is 33.0 Å². The van der Waals surface area contributed by atoms with Gasteiger partial charge in [0.15, 0.2) is 0 Å². The zero-order valence-electron chi connectivity index (χ0n) is 13.0. The lowest BCUT2D eigenvalue weighted by Gasteiger charge is -2.26. The molecule has 1 aromatic carbocycles. The first-order valence-electron chi connectivity index (χ1n) is 7.33. The number of carbonyl (C=O) groups is 2. The Labute approximate surface area is 145 Å². The Bertz CT molecular complexity index is 608. The Morgan fingerprint density at radius 3 is 2.65 bits per heavy atom. The molecule has 0 saturated carbocycles. The van der Waals surface area contributed by atoms with Crippen LogP contribution in [0.25, 0.3) is 0 Å². The third-order valence-electron chi connectivity index (χ3n) is 4.22. The molecule has 23 heavy (non-hydrogen) atoms. The van der Waals surface area contributed by atoms with Crippen LogP contribution in [-0.4, -0.2) is 47.7 Å². The van der Waals surface area contributed by atoms with Gasteiger partial charge in [-0.1, -0.05) is 29.3 Å². The third-order valence-corrected chi connectivity index (χ3v) is 4.96. The van der Waals surface area contributed by atoms with E-state index in [9.17, 15) is 9.59 Å². The van der Waals surface area contributed by atoms with Crippen molar-refractivity contribution in [3.63, 3.8) is 0 Å². The predicted octanol–water partition coefficient (Wildman–Crippen LogP) is 3.19. The van der Waals surface area contributed by atoms with E-state index in [1.165, 1.54) is 0 Å². The van der Waals surface area contributed by atoms with E-state index in [0.29, 0.717) is 23.0 Å². The normalized spacial score (nSPS) is 22.2. The maximum absolute atomic E-state index is 12.8. The number of carbonyl (C=O) groups excluding carboxylic acids is 1. The number of likely N-dealkylation sites (tertiary alicyclic amines) is 1. The molecular weight excluding hydrogens is 341 g/mol. The summed E-state index contributed by atoms with van der Waals surface area (Å²) in [7, 11) is 1.57. The van der Waals surface area contributed by atoms with Crippen LogP contribution in [0.2, 0.25) is 10.0 Å². The van der Waals surface area contributed by atoms with Crippen LogP contribution >= 0.6 is 23.2 Å². The number of benzene rings is 1. The third kappa shape index (κ3) is 4.16. The van der Waals surface area contributed by atoms with Crippen molar-refractivity contribution < 1.29 is 19.4 Å². The van der Waals surface area contributed by atoms with Crippen LogP contribution < -0.4 is 0 Å². The number of aliphatic carboxylic acids is 1. The van der Waals surface area contributed by atoms with Crippen molar-refractivity contribution in [3.8, 4) is 0 Å². The second-order valence-corrected chi connectivity index (χ2v) is 6.55. The molecule has 3 unspecified atom stereocenters. The minimum atomic E-state index is -0.924. The number of rotatable bonds is 5. The number of methoxy groups -OCH3 is 1. The highest BCUT2D eigenvalue weighted by Crippen LogP contribution is 2.30. The molecular formula is C16H19Cl2NO4. The highest BCUT2D eigenvalue weighted by atomic mass is 35.5. The Hall–Kier alpha value is -1.30. The Morgan fingerprint density at radius 2 is 2.09 bits per heavy atom.